The molecule has 60 heavy (non-hydrogen) atoms. The van der Waals surface area contributed by atoms with E-state index >= 15 is 0 Å². The smallest absolute Gasteiger partial charge is 0.340 e. The van der Waals surface area contributed by atoms with Crippen LogP contribution in [-0.2, 0) is 20.7 Å². The van der Waals surface area contributed by atoms with Crippen LogP contribution in [0.4, 0.5) is 0 Å². The third-order valence-corrected chi connectivity index (χ3v) is 11.1. The number of hydrogen-bond donors (Lipinski definition) is 4. The minimum atomic E-state index is -1.26. The molecule has 2 aliphatic rings. The molecule has 0 unspecified atom stereocenters. The maximum atomic E-state index is 13.2. The lowest BCUT2D eigenvalue weighted by Gasteiger charge is -2.31. The topological polar surface area (TPSA) is 134 Å². The summed E-state index contributed by atoms with van der Waals surface area (Å²) in [5, 5.41) is 40.6. The van der Waals surface area contributed by atoms with Crippen LogP contribution < -0.4 is 0 Å². The first-order chi connectivity index (χ1) is 29.2. The van der Waals surface area contributed by atoms with Gasteiger partial charge >= 0.3 is 11.9 Å². The Morgan fingerprint density at radius 1 is 0.333 bits per heavy atom. The standard InChI is InChI=1S/C32H22O4.C20H14O4/c33-29-17-15-23(19-26(29)21-9-3-1-4-10-21)32(28-14-8-7-13-25(28)31(35)36-32)24-16-18-30(34)27(20-24)22-11-5-2-6-12-22;21-15-9-5-13(6-10-15)20(14-7-11-16(22)12-8-14)18-4-2-1-3-17(18)19(23)24-20/h1-20,33-34H;1-12,21-22H. The predicted octanol–water partition coefficient (Wildman–Crippen LogP) is 10.5. The molecule has 0 spiro atoms. The Hall–Kier alpha value is -8.10. The predicted molar refractivity (Wildman–Crippen MR) is 227 cm³/mol. The third kappa shape index (κ3) is 6.27. The molecule has 8 nitrogen and oxygen atoms in total. The van der Waals surface area contributed by atoms with Gasteiger partial charge in [0.2, 0.25) is 0 Å². The molecule has 0 radical (unpaired) electrons. The number of benzene rings is 8. The van der Waals surface area contributed by atoms with Gasteiger partial charge in [-0.05, 0) is 71.8 Å². The molecule has 0 bridgehead atoms. The van der Waals surface area contributed by atoms with Crippen LogP contribution in [0, 0.1) is 0 Å². The van der Waals surface area contributed by atoms with Crippen molar-refractivity contribution in [1.29, 1.82) is 0 Å². The van der Waals surface area contributed by atoms with E-state index in [1.807, 2.05) is 103 Å². The van der Waals surface area contributed by atoms with Crippen molar-refractivity contribution in [3.63, 3.8) is 0 Å². The summed E-state index contributed by atoms with van der Waals surface area (Å²) in [5.41, 5.74) is 5.90. The number of carbonyl (C=O) groups excluding carboxylic acids is 2. The van der Waals surface area contributed by atoms with Crippen molar-refractivity contribution in [2.24, 2.45) is 0 Å². The number of phenols is 4. The Morgan fingerprint density at radius 3 is 1.07 bits per heavy atom. The van der Waals surface area contributed by atoms with E-state index in [2.05, 4.69) is 0 Å². The molecule has 0 saturated heterocycles. The summed E-state index contributed by atoms with van der Waals surface area (Å²) >= 11 is 0. The van der Waals surface area contributed by atoms with Crippen molar-refractivity contribution in [3.8, 4) is 45.3 Å². The summed E-state index contributed by atoms with van der Waals surface area (Å²) in [6.07, 6.45) is 0. The summed E-state index contributed by atoms with van der Waals surface area (Å²) < 4.78 is 12.1. The highest BCUT2D eigenvalue weighted by atomic mass is 16.6. The fourth-order valence-electron chi connectivity index (χ4n) is 8.23. The van der Waals surface area contributed by atoms with Crippen LogP contribution in [-0.4, -0.2) is 32.4 Å². The molecule has 292 valence electrons. The molecule has 0 aromatic heterocycles. The van der Waals surface area contributed by atoms with Crippen LogP contribution in [0.3, 0.4) is 0 Å². The number of aromatic hydroxyl groups is 4. The molecular formula is C52H36O8. The first-order valence-electron chi connectivity index (χ1n) is 19.2. The lowest BCUT2D eigenvalue weighted by atomic mass is 9.78. The van der Waals surface area contributed by atoms with Crippen molar-refractivity contribution in [2.75, 3.05) is 0 Å². The Labute approximate surface area is 345 Å². The summed E-state index contributed by atoms with van der Waals surface area (Å²) in [7, 11) is 0. The van der Waals surface area contributed by atoms with Gasteiger partial charge in [0.25, 0.3) is 0 Å². The molecule has 10 rings (SSSR count). The minimum absolute atomic E-state index is 0.133. The zero-order valence-electron chi connectivity index (χ0n) is 31.9. The molecule has 0 fully saturated rings. The Bertz CT molecular complexity index is 2750. The Balaban J connectivity index is 0.000000167. The number of rotatable bonds is 6. The number of fused-ring (bicyclic) bond motifs is 2. The summed E-state index contributed by atoms with van der Waals surface area (Å²) in [6, 6.07) is 57.5. The summed E-state index contributed by atoms with van der Waals surface area (Å²) in [4.78, 5) is 25.6. The maximum Gasteiger partial charge on any atom is 0.340 e. The van der Waals surface area contributed by atoms with E-state index in [-0.39, 0.29) is 23.0 Å². The van der Waals surface area contributed by atoms with E-state index in [4.69, 9.17) is 9.47 Å². The van der Waals surface area contributed by atoms with Crippen molar-refractivity contribution < 1.29 is 39.5 Å². The van der Waals surface area contributed by atoms with Gasteiger partial charge < -0.3 is 29.9 Å². The minimum Gasteiger partial charge on any atom is -0.508 e. The molecular weight excluding hydrogens is 753 g/mol. The van der Waals surface area contributed by atoms with Gasteiger partial charge in [-0.25, -0.2) is 9.59 Å². The fraction of sp³-hybridized carbons (Fsp3) is 0.0385. The van der Waals surface area contributed by atoms with Crippen LogP contribution >= 0.6 is 0 Å². The lowest BCUT2D eigenvalue weighted by Crippen LogP contribution is -2.29. The quantitative estimate of drug-likeness (QED) is 0.122. The van der Waals surface area contributed by atoms with Crippen molar-refractivity contribution in [2.45, 2.75) is 11.2 Å². The van der Waals surface area contributed by atoms with Gasteiger partial charge in [-0.1, -0.05) is 133 Å². The van der Waals surface area contributed by atoms with Crippen LogP contribution in [0.25, 0.3) is 22.3 Å². The van der Waals surface area contributed by atoms with E-state index in [1.54, 1.807) is 91.0 Å². The van der Waals surface area contributed by atoms with Crippen molar-refractivity contribution >= 4 is 11.9 Å². The molecule has 0 saturated carbocycles. The average Bonchev–Trinajstić information content (AvgIpc) is 3.77. The van der Waals surface area contributed by atoms with Gasteiger partial charge in [0.05, 0.1) is 11.1 Å². The SMILES string of the molecule is O=C1OC(c2ccc(O)c(-c3ccccc3)c2)(c2ccc(O)c(-c3ccccc3)c2)c2ccccc21.O=C1OC(c2ccc(O)cc2)(c2ccc(O)cc2)c2ccccc21. The number of carbonyl (C=O) groups is 2. The number of phenolic OH excluding ortho intramolecular Hbond substituents is 4. The molecule has 2 aliphatic heterocycles. The average molecular weight is 789 g/mol. The third-order valence-electron chi connectivity index (χ3n) is 11.1. The van der Waals surface area contributed by atoms with Gasteiger partial charge in [0, 0.05) is 44.5 Å². The second-order valence-corrected chi connectivity index (χ2v) is 14.5. The van der Waals surface area contributed by atoms with Gasteiger partial charge in [-0.2, -0.15) is 0 Å². The Kier molecular flexibility index (Phi) is 9.37. The fourth-order valence-corrected chi connectivity index (χ4v) is 8.23. The van der Waals surface area contributed by atoms with Crippen LogP contribution in [0.2, 0.25) is 0 Å². The molecule has 8 heteroatoms. The van der Waals surface area contributed by atoms with Crippen LogP contribution in [0.5, 0.6) is 23.0 Å². The molecule has 2 heterocycles. The second-order valence-electron chi connectivity index (χ2n) is 14.5. The van der Waals surface area contributed by atoms with E-state index in [0.29, 0.717) is 38.9 Å². The van der Waals surface area contributed by atoms with Gasteiger partial charge in [-0.3, -0.25) is 0 Å². The van der Waals surface area contributed by atoms with Crippen LogP contribution in [0.15, 0.2) is 194 Å². The molecule has 4 N–H and O–H groups in total. The summed E-state index contributed by atoms with van der Waals surface area (Å²) in [6.45, 7) is 0. The highest BCUT2D eigenvalue weighted by Crippen LogP contribution is 2.50. The monoisotopic (exact) mass is 788 g/mol. The second kappa shape index (κ2) is 15.0. The van der Waals surface area contributed by atoms with Crippen molar-refractivity contribution in [1.82, 2.24) is 0 Å². The molecule has 0 amide bonds. The van der Waals surface area contributed by atoms with Crippen LogP contribution in [0.1, 0.15) is 54.1 Å². The largest absolute Gasteiger partial charge is 0.508 e. The van der Waals surface area contributed by atoms with E-state index < -0.39 is 23.1 Å². The summed E-state index contributed by atoms with van der Waals surface area (Å²) in [5.74, 6) is -0.280. The van der Waals surface area contributed by atoms with E-state index in [9.17, 15) is 30.0 Å². The maximum absolute atomic E-state index is 13.2. The van der Waals surface area contributed by atoms with E-state index in [1.165, 1.54) is 0 Å². The zero-order chi connectivity index (χ0) is 41.4. The first kappa shape index (κ1) is 37.5. The molecule has 0 aliphatic carbocycles. The Morgan fingerprint density at radius 2 is 0.667 bits per heavy atom. The van der Waals surface area contributed by atoms with Gasteiger partial charge in [0.1, 0.15) is 23.0 Å². The zero-order valence-corrected chi connectivity index (χ0v) is 31.9. The molecule has 0 atom stereocenters. The number of ether oxygens (including phenoxy) is 2. The normalized spacial score (nSPS) is 14.2. The van der Waals surface area contributed by atoms with E-state index in [0.717, 1.165) is 27.8 Å². The highest BCUT2D eigenvalue weighted by Gasteiger charge is 2.50. The number of esters is 2. The van der Waals surface area contributed by atoms with Gasteiger partial charge in [-0.15, -0.1) is 0 Å². The number of cyclic esters (lactones) is 2. The van der Waals surface area contributed by atoms with Gasteiger partial charge in [0.15, 0.2) is 11.2 Å². The first-order valence-corrected chi connectivity index (χ1v) is 19.2. The highest BCUT2D eigenvalue weighted by molar-refractivity contribution is 5.97. The lowest BCUT2D eigenvalue weighted by molar-refractivity contribution is 0.0242. The molecule has 8 aromatic rings. The van der Waals surface area contributed by atoms with Crippen molar-refractivity contribution in [3.05, 3.63) is 239 Å². The molecule has 8 aromatic carbocycles. The number of hydrogen-bond acceptors (Lipinski definition) is 8.